The van der Waals surface area contributed by atoms with Gasteiger partial charge in [-0.1, -0.05) is 29.8 Å². The van der Waals surface area contributed by atoms with Crippen LogP contribution >= 0.6 is 11.3 Å². The zero-order valence-corrected chi connectivity index (χ0v) is 11.4. The van der Waals surface area contributed by atoms with Crippen LogP contribution in [0, 0.1) is 13.8 Å². The molecule has 0 spiro atoms. The Labute approximate surface area is 110 Å². The monoisotopic (exact) mass is 261 g/mol. The first-order valence-corrected chi connectivity index (χ1v) is 6.40. The summed E-state index contributed by atoms with van der Waals surface area (Å²) in [6, 6.07) is 8.09. The molecular weight excluding hydrogens is 246 g/mol. The van der Waals surface area contributed by atoms with E-state index in [1.54, 1.807) is 0 Å². The quantitative estimate of drug-likeness (QED) is 0.843. The lowest BCUT2D eigenvalue weighted by atomic mass is 10.0. The number of hydrogen-bond acceptors (Lipinski definition) is 4. The molecule has 0 saturated carbocycles. The third-order valence-corrected chi connectivity index (χ3v) is 3.93. The Morgan fingerprint density at radius 3 is 2.39 bits per heavy atom. The van der Waals surface area contributed by atoms with Crippen LogP contribution in [0.3, 0.4) is 0 Å². The minimum absolute atomic E-state index is 0.376. The maximum atomic E-state index is 11.6. The van der Waals surface area contributed by atoms with E-state index in [1.807, 2.05) is 38.1 Å². The van der Waals surface area contributed by atoms with Crippen molar-refractivity contribution in [3.05, 3.63) is 39.6 Å². The van der Waals surface area contributed by atoms with Gasteiger partial charge in [0.15, 0.2) is 0 Å². The molecule has 2 aromatic rings. The molecule has 1 aromatic heterocycles. The molecule has 0 atom stereocenters. The Morgan fingerprint density at radius 2 is 1.83 bits per heavy atom. The van der Waals surface area contributed by atoms with Crippen molar-refractivity contribution in [2.45, 2.75) is 13.8 Å². The lowest BCUT2D eigenvalue weighted by Crippen LogP contribution is -2.02. The summed E-state index contributed by atoms with van der Waals surface area (Å²) in [5, 5.41) is 0. The zero-order chi connectivity index (χ0) is 13.3. The van der Waals surface area contributed by atoms with Crippen LogP contribution in [0.25, 0.3) is 11.1 Å². The molecule has 0 aliphatic heterocycles. The van der Waals surface area contributed by atoms with Gasteiger partial charge < -0.3 is 10.5 Å². The SMILES string of the molecule is COC(=O)c1sc(C)c(-c2ccc(C)cc2)c1N. The molecule has 2 N–H and O–H groups in total. The Hall–Kier alpha value is -1.81. The summed E-state index contributed by atoms with van der Waals surface area (Å²) < 4.78 is 4.73. The molecule has 0 amide bonds. The fourth-order valence-corrected chi connectivity index (χ4v) is 2.90. The summed E-state index contributed by atoms with van der Waals surface area (Å²) in [5.41, 5.74) is 9.72. The highest BCUT2D eigenvalue weighted by molar-refractivity contribution is 7.15. The van der Waals surface area contributed by atoms with Gasteiger partial charge in [0.1, 0.15) is 4.88 Å². The average molecular weight is 261 g/mol. The number of aryl methyl sites for hydroxylation is 2. The number of thiophene rings is 1. The molecule has 4 heteroatoms. The fraction of sp³-hybridized carbons (Fsp3) is 0.214. The summed E-state index contributed by atoms with van der Waals surface area (Å²) in [6.07, 6.45) is 0. The van der Waals surface area contributed by atoms with Gasteiger partial charge in [-0.15, -0.1) is 11.3 Å². The number of methoxy groups -OCH3 is 1. The Balaban J connectivity index is 2.55. The first-order valence-electron chi connectivity index (χ1n) is 5.58. The summed E-state index contributed by atoms with van der Waals surface area (Å²) >= 11 is 1.37. The predicted octanol–water partition coefficient (Wildman–Crippen LogP) is 3.40. The summed E-state index contributed by atoms with van der Waals surface area (Å²) in [6.45, 7) is 4.00. The van der Waals surface area contributed by atoms with Crippen molar-refractivity contribution >= 4 is 23.0 Å². The number of rotatable bonds is 2. The molecule has 0 aliphatic rings. The van der Waals surface area contributed by atoms with Crippen molar-refractivity contribution < 1.29 is 9.53 Å². The molecule has 0 aliphatic carbocycles. The fourth-order valence-electron chi connectivity index (χ4n) is 1.89. The first-order chi connectivity index (χ1) is 8.54. The highest BCUT2D eigenvalue weighted by Crippen LogP contribution is 2.38. The molecule has 0 unspecified atom stereocenters. The highest BCUT2D eigenvalue weighted by atomic mass is 32.1. The van der Waals surface area contributed by atoms with Crippen LogP contribution < -0.4 is 5.73 Å². The maximum absolute atomic E-state index is 11.6. The second-order valence-corrected chi connectivity index (χ2v) is 5.36. The van der Waals surface area contributed by atoms with Gasteiger partial charge in [-0.3, -0.25) is 0 Å². The lowest BCUT2D eigenvalue weighted by Gasteiger charge is -2.04. The highest BCUT2D eigenvalue weighted by Gasteiger charge is 2.20. The van der Waals surface area contributed by atoms with Crippen LogP contribution in [0.4, 0.5) is 5.69 Å². The number of nitrogen functional groups attached to an aromatic ring is 1. The maximum Gasteiger partial charge on any atom is 0.350 e. The van der Waals surface area contributed by atoms with Crippen LogP contribution in [-0.4, -0.2) is 13.1 Å². The van der Waals surface area contributed by atoms with E-state index in [2.05, 4.69) is 0 Å². The molecule has 1 aromatic carbocycles. The zero-order valence-electron chi connectivity index (χ0n) is 10.6. The summed E-state index contributed by atoms with van der Waals surface area (Å²) in [7, 11) is 1.36. The van der Waals surface area contributed by atoms with Crippen LogP contribution in [0.15, 0.2) is 24.3 Å². The van der Waals surface area contributed by atoms with Crippen LogP contribution in [0.5, 0.6) is 0 Å². The number of ether oxygens (including phenoxy) is 1. The summed E-state index contributed by atoms with van der Waals surface area (Å²) in [5.74, 6) is -0.376. The Morgan fingerprint density at radius 1 is 1.22 bits per heavy atom. The number of esters is 1. The molecule has 18 heavy (non-hydrogen) atoms. The van der Waals surface area contributed by atoms with Crippen LogP contribution in [-0.2, 0) is 4.74 Å². The number of anilines is 1. The third kappa shape index (κ3) is 2.11. The van der Waals surface area contributed by atoms with Crippen molar-refractivity contribution in [1.82, 2.24) is 0 Å². The van der Waals surface area contributed by atoms with E-state index in [0.717, 1.165) is 16.0 Å². The van der Waals surface area contributed by atoms with Crippen molar-refractivity contribution in [1.29, 1.82) is 0 Å². The molecule has 0 bridgehead atoms. The van der Waals surface area contributed by atoms with Crippen LogP contribution in [0.1, 0.15) is 20.1 Å². The van der Waals surface area contributed by atoms with E-state index in [4.69, 9.17) is 10.5 Å². The van der Waals surface area contributed by atoms with E-state index in [1.165, 1.54) is 24.0 Å². The number of carbonyl (C=O) groups excluding carboxylic acids is 1. The minimum Gasteiger partial charge on any atom is -0.465 e. The van der Waals surface area contributed by atoms with Crippen molar-refractivity contribution in [3.8, 4) is 11.1 Å². The largest absolute Gasteiger partial charge is 0.465 e. The van der Waals surface area contributed by atoms with Crippen LogP contribution in [0.2, 0.25) is 0 Å². The molecule has 1 heterocycles. The average Bonchev–Trinajstić information content (AvgIpc) is 2.65. The predicted molar refractivity (Wildman–Crippen MR) is 75.0 cm³/mol. The first kappa shape index (κ1) is 12.6. The van der Waals surface area contributed by atoms with Gasteiger partial charge in [0.05, 0.1) is 12.8 Å². The van der Waals surface area contributed by atoms with Crippen molar-refractivity contribution in [2.24, 2.45) is 0 Å². The third-order valence-electron chi connectivity index (χ3n) is 2.83. The smallest absolute Gasteiger partial charge is 0.350 e. The van der Waals surface area contributed by atoms with Gasteiger partial charge in [0, 0.05) is 10.4 Å². The van der Waals surface area contributed by atoms with Gasteiger partial charge in [-0.25, -0.2) is 4.79 Å². The topological polar surface area (TPSA) is 52.3 Å². The lowest BCUT2D eigenvalue weighted by molar-refractivity contribution is 0.0607. The standard InChI is InChI=1S/C14H15NO2S/c1-8-4-6-10(7-5-8)11-9(2)18-13(12(11)15)14(16)17-3/h4-7H,15H2,1-3H3. The van der Waals surface area contributed by atoms with E-state index < -0.39 is 0 Å². The van der Waals surface area contributed by atoms with Gasteiger partial charge >= 0.3 is 5.97 Å². The van der Waals surface area contributed by atoms with E-state index >= 15 is 0 Å². The molecule has 0 radical (unpaired) electrons. The molecule has 2 rings (SSSR count). The van der Waals surface area contributed by atoms with Gasteiger partial charge in [0.2, 0.25) is 0 Å². The molecule has 0 fully saturated rings. The molecule has 3 nitrogen and oxygen atoms in total. The summed E-state index contributed by atoms with van der Waals surface area (Å²) in [4.78, 5) is 13.1. The molecular formula is C14H15NO2S. The van der Waals surface area contributed by atoms with Gasteiger partial charge in [-0.05, 0) is 19.4 Å². The van der Waals surface area contributed by atoms with Crippen molar-refractivity contribution in [3.63, 3.8) is 0 Å². The number of nitrogens with two attached hydrogens (primary N) is 1. The van der Waals surface area contributed by atoms with E-state index in [9.17, 15) is 4.79 Å². The Kier molecular flexibility index (Phi) is 3.39. The molecule has 0 saturated heterocycles. The number of carbonyl (C=O) groups is 1. The second kappa shape index (κ2) is 4.82. The number of hydrogen-bond donors (Lipinski definition) is 1. The van der Waals surface area contributed by atoms with E-state index in [0.29, 0.717) is 10.6 Å². The van der Waals surface area contributed by atoms with Crippen molar-refractivity contribution in [2.75, 3.05) is 12.8 Å². The number of benzene rings is 1. The normalized spacial score (nSPS) is 10.4. The van der Waals surface area contributed by atoms with Gasteiger partial charge in [0.25, 0.3) is 0 Å². The molecule has 94 valence electrons. The van der Waals surface area contributed by atoms with E-state index in [-0.39, 0.29) is 5.97 Å². The Bertz CT molecular complexity index is 585. The second-order valence-electron chi connectivity index (χ2n) is 4.13. The minimum atomic E-state index is -0.376. The van der Waals surface area contributed by atoms with Gasteiger partial charge in [-0.2, -0.15) is 0 Å².